The Hall–Kier alpha value is -2.23. The molecule has 2 aromatic rings. The number of pyridine rings is 1. The summed E-state index contributed by atoms with van der Waals surface area (Å²) in [5, 5.41) is 2.81. The highest BCUT2D eigenvalue weighted by Gasteiger charge is 2.12. The van der Waals surface area contributed by atoms with E-state index in [1.165, 1.54) is 6.07 Å². The van der Waals surface area contributed by atoms with Crippen molar-refractivity contribution in [2.75, 3.05) is 0 Å². The van der Waals surface area contributed by atoms with Gasteiger partial charge in [0.2, 0.25) is 0 Å². The van der Waals surface area contributed by atoms with Gasteiger partial charge in [0.1, 0.15) is 5.82 Å². The number of carbonyl (C=O) groups excluding carboxylic acids is 1. The number of carbonyl (C=O) groups is 1. The fourth-order valence-electron chi connectivity index (χ4n) is 1.73. The fraction of sp³-hybridized carbons (Fsp3) is 0.200. The highest BCUT2D eigenvalue weighted by molar-refractivity contribution is 5.94. The lowest BCUT2D eigenvalue weighted by Crippen LogP contribution is -2.26. The first-order valence-electron chi connectivity index (χ1n) is 6.05. The van der Waals surface area contributed by atoms with E-state index >= 15 is 0 Å². The molecule has 2 rings (SSSR count). The number of hydrogen-bond acceptors (Lipinski definition) is 2. The normalized spacial score (nSPS) is 11.9. The van der Waals surface area contributed by atoms with E-state index in [0.717, 1.165) is 5.56 Å². The van der Waals surface area contributed by atoms with Gasteiger partial charge in [0.25, 0.3) is 5.91 Å². The molecule has 1 aromatic heterocycles. The minimum absolute atomic E-state index is 0.175. The Labute approximate surface area is 111 Å². The molecule has 1 heterocycles. The SMILES string of the molecule is Cc1ccc(C(=O)NC(C)c2cccnc2)cc1F. The molecule has 0 spiro atoms. The zero-order chi connectivity index (χ0) is 13.8. The summed E-state index contributed by atoms with van der Waals surface area (Å²) in [5.41, 5.74) is 1.75. The fourth-order valence-corrected chi connectivity index (χ4v) is 1.73. The van der Waals surface area contributed by atoms with E-state index in [4.69, 9.17) is 0 Å². The van der Waals surface area contributed by atoms with Crippen molar-refractivity contribution in [3.8, 4) is 0 Å². The molecule has 19 heavy (non-hydrogen) atoms. The summed E-state index contributed by atoms with van der Waals surface area (Å²) in [6, 6.07) is 7.98. The average Bonchev–Trinajstić information content (AvgIpc) is 2.42. The molecule has 0 saturated heterocycles. The first-order chi connectivity index (χ1) is 9.08. The van der Waals surface area contributed by atoms with E-state index in [2.05, 4.69) is 10.3 Å². The van der Waals surface area contributed by atoms with Crippen LogP contribution in [-0.2, 0) is 0 Å². The number of benzene rings is 1. The van der Waals surface area contributed by atoms with Gasteiger partial charge in [0.15, 0.2) is 0 Å². The third-order valence-electron chi connectivity index (χ3n) is 2.97. The first-order valence-corrected chi connectivity index (χ1v) is 6.05. The molecule has 4 heteroatoms. The summed E-state index contributed by atoms with van der Waals surface area (Å²) in [6.45, 7) is 3.52. The number of hydrogen-bond donors (Lipinski definition) is 1. The smallest absolute Gasteiger partial charge is 0.251 e. The standard InChI is InChI=1S/C15H15FN2O/c1-10-5-6-12(8-14(10)16)15(19)18-11(2)13-4-3-7-17-9-13/h3-9,11H,1-2H3,(H,18,19). The first kappa shape index (κ1) is 13.2. The Bertz CT molecular complexity index is 584. The maximum absolute atomic E-state index is 13.4. The summed E-state index contributed by atoms with van der Waals surface area (Å²) in [6.07, 6.45) is 3.37. The number of rotatable bonds is 3. The van der Waals surface area contributed by atoms with Crippen LogP contribution >= 0.6 is 0 Å². The lowest BCUT2D eigenvalue weighted by Gasteiger charge is -2.14. The molecule has 0 fully saturated rings. The Morgan fingerprint density at radius 2 is 2.16 bits per heavy atom. The molecule has 1 unspecified atom stereocenters. The Kier molecular flexibility index (Phi) is 3.90. The van der Waals surface area contributed by atoms with Gasteiger partial charge in [-0.25, -0.2) is 4.39 Å². The van der Waals surface area contributed by atoms with Crippen molar-refractivity contribution in [2.24, 2.45) is 0 Å². The van der Waals surface area contributed by atoms with Crippen molar-refractivity contribution >= 4 is 5.91 Å². The number of aromatic nitrogens is 1. The number of halogens is 1. The summed E-state index contributed by atoms with van der Waals surface area (Å²) in [4.78, 5) is 16.0. The van der Waals surface area contributed by atoms with Crippen LogP contribution in [0.3, 0.4) is 0 Å². The quantitative estimate of drug-likeness (QED) is 0.919. The topological polar surface area (TPSA) is 42.0 Å². The van der Waals surface area contributed by atoms with Gasteiger partial charge in [-0.15, -0.1) is 0 Å². The van der Waals surface area contributed by atoms with Gasteiger partial charge in [-0.2, -0.15) is 0 Å². The van der Waals surface area contributed by atoms with Gasteiger partial charge in [-0.1, -0.05) is 12.1 Å². The number of nitrogens with one attached hydrogen (secondary N) is 1. The lowest BCUT2D eigenvalue weighted by atomic mass is 10.1. The molecule has 0 aliphatic rings. The molecule has 1 atom stereocenters. The second-order valence-corrected chi connectivity index (χ2v) is 4.45. The number of nitrogens with zero attached hydrogens (tertiary/aromatic N) is 1. The zero-order valence-corrected chi connectivity index (χ0v) is 10.9. The van der Waals surface area contributed by atoms with E-state index in [0.29, 0.717) is 11.1 Å². The van der Waals surface area contributed by atoms with Crippen molar-refractivity contribution in [3.63, 3.8) is 0 Å². The molecule has 0 aliphatic heterocycles. The third-order valence-corrected chi connectivity index (χ3v) is 2.97. The van der Waals surface area contributed by atoms with Crippen LogP contribution in [0.4, 0.5) is 4.39 Å². The summed E-state index contributed by atoms with van der Waals surface area (Å²) < 4.78 is 13.4. The lowest BCUT2D eigenvalue weighted by molar-refractivity contribution is 0.0939. The molecule has 0 aliphatic carbocycles. The zero-order valence-electron chi connectivity index (χ0n) is 10.9. The van der Waals surface area contributed by atoms with Crippen LogP contribution in [0.1, 0.15) is 34.5 Å². The molecule has 1 amide bonds. The maximum Gasteiger partial charge on any atom is 0.251 e. The second kappa shape index (κ2) is 5.61. The third kappa shape index (κ3) is 3.16. The van der Waals surface area contributed by atoms with Crippen LogP contribution < -0.4 is 5.32 Å². The van der Waals surface area contributed by atoms with E-state index in [-0.39, 0.29) is 17.8 Å². The van der Waals surface area contributed by atoms with E-state index in [1.54, 1.807) is 31.5 Å². The Morgan fingerprint density at radius 1 is 1.37 bits per heavy atom. The monoisotopic (exact) mass is 258 g/mol. The molecule has 3 nitrogen and oxygen atoms in total. The summed E-state index contributed by atoms with van der Waals surface area (Å²) >= 11 is 0. The van der Waals surface area contributed by atoms with Crippen molar-refractivity contribution in [3.05, 3.63) is 65.2 Å². The van der Waals surface area contributed by atoms with Gasteiger partial charge in [0.05, 0.1) is 6.04 Å². The van der Waals surface area contributed by atoms with Gasteiger partial charge in [0, 0.05) is 18.0 Å². The summed E-state index contributed by atoms with van der Waals surface area (Å²) in [5.74, 6) is -0.670. The van der Waals surface area contributed by atoms with Gasteiger partial charge >= 0.3 is 0 Å². The highest BCUT2D eigenvalue weighted by Crippen LogP contribution is 2.13. The Balaban J connectivity index is 2.11. The predicted molar refractivity (Wildman–Crippen MR) is 71.3 cm³/mol. The van der Waals surface area contributed by atoms with Gasteiger partial charge in [-0.05, 0) is 43.2 Å². The minimum Gasteiger partial charge on any atom is -0.345 e. The van der Waals surface area contributed by atoms with Crippen LogP contribution in [0.25, 0.3) is 0 Å². The van der Waals surface area contributed by atoms with Gasteiger partial charge < -0.3 is 5.32 Å². The highest BCUT2D eigenvalue weighted by atomic mass is 19.1. The molecular formula is C15H15FN2O. The molecule has 0 radical (unpaired) electrons. The molecule has 0 saturated carbocycles. The van der Waals surface area contributed by atoms with E-state index < -0.39 is 0 Å². The van der Waals surface area contributed by atoms with Crippen molar-refractivity contribution in [1.29, 1.82) is 0 Å². The molecule has 0 bridgehead atoms. The van der Waals surface area contributed by atoms with Crippen LogP contribution in [0, 0.1) is 12.7 Å². The van der Waals surface area contributed by atoms with Crippen LogP contribution in [-0.4, -0.2) is 10.9 Å². The minimum atomic E-state index is -0.373. The van der Waals surface area contributed by atoms with Crippen LogP contribution in [0.2, 0.25) is 0 Å². The van der Waals surface area contributed by atoms with E-state index in [9.17, 15) is 9.18 Å². The van der Waals surface area contributed by atoms with Gasteiger partial charge in [-0.3, -0.25) is 9.78 Å². The largest absolute Gasteiger partial charge is 0.345 e. The van der Waals surface area contributed by atoms with E-state index in [1.807, 2.05) is 19.1 Å². The Morgan fingerprint density at radius 3 is 2.79 bits per heavy atom. The van der Waals surface area contributed by atoms with Crippen molar-refractivity contribution in [2.45, 2.75) is 19.9 Å². The van der Waals surface area contributed by atoms with Crippen LogP contribution in [0.15, 0.2) is 42.7 Å². The number of aryl methyl sites for hydroxylation is 1. The maximum atomic E-state index is 13.4. The molecule has 98 valence electrons. The molecular weight excluding hydrogens is 243 g/mol. The summed E-state index contributed by atoms with van der Waals surface area (Å²) in [7, 11) is 0. The van der Waals surface area contributed by atoms with Crippen LogP contribution in [0.5, 0.6) is 0 Å². The molecule has 1 aromatic carbocycles. The number of amides is 1. The average molecular weight is 258 g/mol. The second-order valence-electron chi connectivity index (χ2n) is 4.45. The molecule has 1 N–H and O–H groups in total. The van der Waals surface area contributed by atoms with Crippen molar-refractivity contribution in [1.82, 2.24) is 10.3 Å². The van der Waals surface area contributed by atoms with Crippen molar-refractivity contribution < 1.29 is 9.18 Å². The predicted octanol–water partition coefficient (Wildman–Crippen LogP) is 3.02.